The van der Waals surface area contributed by atoms with Gasteiger partial charge in [-0.15, -0.1) is 0 Å². The first kappa shape index (κ1) is 19.9. The van der Waals surface area contributed by atoms with Crippen molar-refractivity contribution in [3.63, 3.8) is 0 Å². The van der Waals surface area contributed by atoms with Crippen molar-refractivity contribution < 1.29 is 23.6 Å². The molecule has 0 radical (unpaired) electrons. The Morgan fingerprint density at radius 3 is 2.62 bits per heavy atom. The molecule has 2 aromatic carbocycles. The lowest BCUT2D eigenvalue weighted by atomic mass is 10.1. The van der Waals surface area contributed by atoms with E-state index in [1.165, 1.54) is 31.4 Å². The average molecular weight is 398 g/mol. The molecule has 1 aromatic heterocycles. The minimum atomic E-state index is -0.555. The second-order valence-electron chi connectivity index (χ2n) is 6.34. The van der Waals surface area contributed by atoms with Crippen molar-refractivity contribution in [3.05, 3.63) is 68.1 Å². The van der Waals surface area contributed by atoms with Crippen LogP contribution in [0, 0.1) is 24.0 Å². The van der Waals surface area contributed by atoms with Gasteiger partial charge in [0.1, 0.15) is 11.3 Å². The fourth-order valence-corrected chi connectivity index (χ4v) is 2.84. The fourth-order valence-electron chi connectivity index (χ4n) is 2.84. The zero-order valence-electron chi connectivity index (χ0n) is 16.0. The van der Waals surface area contributed by atoms with Crippen LogP contribution in [0.1, 0.15) is 11.1 Å². The second kappa shape index (κ2) is 8.01. The number of ether oxygens (including phenoxy) is 2. The number of anilines is 1. The molecule has 9 nitrogen and oxygen atoms in total. The van der Waals surface area contributed by atoms with Crippen molar-refractivity contribution in [1.29, 1.82) is 0 Å². The summed E-state index contributed by atoms with van der Waals surface area (Å²) in [6.45, 7) is 3.13. The van der Waals surface area contributed by atoms with Crippen LogP contribution < -0.4 is 20.4 Å². The zero-order chi connectivity index (χ0) is 21.1. The highest BCUT2D eigenvalue weighted by Crippen LogP contribution is 2.32. The maximum absolute atomic E-state index is 12.2. The average Bonchev–Trinajstić information content (AvgIpc) is 2.67. The summed E-state index contributed by atoms with van der Waals surface area (Å²) >= 11 is 0. The molecule has 3 rings (SSSR count). The number of aryl methyl sites for hydroxylation is 2. The number of nitro groups is 1. The SMILES string of the molecule is COc1cc(NC(=O)COc2ccc3c(C)cc(=O)oc3c2)c(C)cc1[N+](=O)[O-]. The number of carbonyl (C=O) groups is 1. The number of benzene rings is 2. The van der Waals surface area contributed by atoms with Gasteiger partial charge in [-0.05, 0) is 37.1 Å². The van der Waals surface area contributed by atoms with Crippen LogP contribution in [0.2, 0.25) is 0 Å². The zero-order valence-corrected chi connectivity index (χ0v) is 16.0. The molecule has 0 bridgehead atoms. The monoisotopic (exact) mass is 398 g/mol. The summed E-state index contributed by atoms with van der Waals surface area (Å²) in [6, 6.07) is 9.06. The van der Waals surface area contributed by atoms with E-state index < -0.39 is 16.5 Å². The van der Waals surface area contributed by atoms with Crippen molar-refractivity contribution in [2.24, 2.45) is 0 Å². The minimum absolute atomic E-state index is 0.0387. The van der Waals surface area contributed by atoms with Crippen LogP contribution >= 0.6 is 0 Å². The van der Waals surface area contributed by atoms with Crippen LogP contribution in [-0.2, 0) is 4.79 Å². The molecular weight excluding hydrogens is 380 g/mol. The number of nitrogens with one attached hydrogen (secondary N) is 1. The van der Waals surface area contributed by atoms with E-state index >= 15 is 0 Å². The molecule has 0 aliphatic heterocycles. The summed E-state index contributed by atoms with van der Waals surface area (Å²) in [6.07, 6.45) is 0. The van der Waals surface area contributed by atoms with Gasteiger partial charge < -0.3 is 19.2 Å². The molecule has 150 valence electrons. The molecule has 3 aromatic rings. The Balaban J connectivity index is 1.72. The Labute approximate surface area is 165 Å². The van der Waals surface area contributed by atoms with E-state index in [1.807, 2.05) is 0 Å². The maximum Gasteiger partial charge on any atom is 0.336 e. The molecule has 0 unspecified atom stereocenters. The van der Waals surface area contributed by atoms with E-state index in [2.05, 4.69) is 5.32 Å². The summed E-state index contributed by atoms with van der Waals surface area (Å²) in [5, 5.41) is 14.5. The standard InChI is InChI=1S/C20H18N2O7/c1-11-7-20(24)29-17-8-13(4-5-14(11)17)28-10-19(23)21-15-9-18(27-3)16(22(25)26)6-12(15)2/h4-9H,10H2,1-3H3,(H,21,23). The van der Waals surface area contributed by atoms with Crippen LogP contribution in [-0.4, -0.2) is 24.5 Å². The Bertz CT molecular complexity index is 1170. The molecule has 9 heteroatoms. The van der Waals surface area contributed by atoms with Gasteiger partial charge in [0.05, 0.1) is 12.0 Å². The fraction of sp³-hybridized carbons (Fsp3) is 0.200. The normalized spacial score (nSPS) is 10.6. The summed E-state index contributed by atoms with van der Waals surface area (Å²) in [5.41, 5.74) is 1.38. The second-order valence-corrected chi connectivity index (χ2v) is 6.34. The molecule has 1 N–H and O–H groups in total. The van der Waals surface area contributed by atoms with Crippen molar-refractivity contribution in [1.82, 2.24) is 0 Å². The van der Waals surface area contributed by atoms with Crippen molar-refractivity contribution in [2.45, 2.75) is 13.8 Å². The summed E-state index contributed by atoms with van der Waals surface area (Å²) in [5.74, 6) is -0.0639. The molecule has 0 spiro atoms. The van der Waals surface area contributed by atoms with Gasteiger partial charge in [0, 0.05) is 35.3 Å². The van der Waals surface area contributed by atoms with E-state index in [0.717, 1.165) is 10.9 Å². The van der Waals surface area contributed by atoms with E-state index in [0.29, 0.717) is 22.6 Å². The van der Waals surface area contributed by atoms with Gasteiger partial charge in [0.15, 0.2) is 12.4 Å². The summed E-state index contributed by atoms with van der Waals surface area (Å²) < 4.78 is 15.6. The number of amides is 1. The first-order chi connectivity index (χ1) is 13.8. The largest absolute Gasteiger partial charge is 0.490 e. The molecule has 0 aliphatic rings. The molecule has 0 atom stereocenters. The topological polar surface area (TPSA) is 121 Å². The number of carbonyl (C=O) groups excluding carboxylic acids is 1. The Hall–Kier alpha value is -3.88. The molecule has 1 amide bonds. The van der Waals surface area contributed by atoms with Crippen LogP contribution in [0.4, 0.5) is 11.4 Å². The lowest BCUT2D eigenvalue weighted by Gasteiger charge is -2.12. The quantitative estimate of drug-likeness (QED) is 0.384. The number of rotatable bonds is 6. The van der Waals surface area contributed by atoms with E-state index in [1.54, 1.807) is 26.0 Å². The molecule has 0 aliphatic carbocycles. The lowest BCUT2D eigenvalue weighted by Crippen LogP contribution is -2.20. The number of hydrogen-bond donors (Lipinski definition) is 1. The van der Waals surface area contributed by atoms with Crippen LogP contribution in [0.3, 0.4) is 0 Å². The minimum Gasteiger partial charge on any atom is -0.490 e. The van der Waals surface area contributed by atoms with Gasteiger partial charge >= 0.3 is 11.3 Å². The third-order valence-electron chi connectivity index (χ3n) is 4.29. The van der Waals surface area contributed by atoms with Gasteiger partial charge in [-0.25, -0.2) is 4.79 Å². The predicted molar refractivity (Wildman–Crippen MR) is 106 cm³/mol. The maximum atomic E-state index is 12.2. The van der Waals surface area contributed by atoms with Gasteiger partial charge in [0.25, 0.3) is 5.91 Å². The highest BCUT2D eigenvalue weighted by atomic mass is 16.6. The van der Waals surface area contributed by atoms with Crippen LogP contribution in [0.25, 0.3) is 11.0 Å². The number of hydrogen-bond acceptors (Lipinski definition) is 7. The molecule has 0 fully saturated rings. The molecule has 0 saturated carbocycles. The lowest BCUT2D eigenvalue weighted by molar-refractivity contribution is -0.385. The first-order valence-corrected chi connectivity index (χ1v) is 8.58. The van der Waals surface area contributed by atoms with Crippen molar-refractivity contribution in [2.75, 3.05) is 19.0 Å². The van der Waals surface area contributed by atoms with Crippen LogP contribution in [0.15, 0.2) is 45.6 Å². The third kappa shape index (κ3) is 4.34. The Morgan fingerprint density at radius 2 is 1.93 bits per heavy atom. The number of fused-ring (bicyclic) bond motifs is 1. The first-order valence-electron chi connectivity index (χ1n) is 8.58. The van der Waals surface area contributed by atoms with Crippen molar-refractivity contribution >= 4 is 28.3 Å². The molecular formula is C20H18N2O7. The third-order valence-corrected chi connectivity index (χ3v) is 4.29. The van der Waals surface area contributed by atoms with Crippen molar-refractivity contribution in [3.8, 4) is 11.5 Å². The van der Waals surface area contributed by atoms with E-state index in [-0.39, 0.29) is 18.0 Å². The number of nitrogens with zero attached hydrogens (tertiary/aromatic N) is 1. The molecule has 29 heavy (non-hydrogen) atoms. The van der Waals surface area contributed by atoms with Gasteiger partial charge in [-0.3, -0.25) is 14.9 Å². The van der Waals surface area contributed by atoms with E-state index in [4.69, 9.17) is 13.9 Å². The smallest absolute Gasteiger partial charge is 0.336 e. The van der Waals surface area contributed by atoms with Gasteiger partial charge in [0.2, 0.25) is 0 Å². The van der Waals surface area contributed by atoms with E-state index in [9.17, 15) is 19.7 Å². The molecule has 1 heterocycles. The Kier molecular flexibility index (Phi) is 5.49. The number of nitro benzene ring substituents is 1. The Morgan fingerprint density at radius 1 is 1.17 bits per heavy atom. The van der Waals surface area contributed by atoms with Crippen LogP contribution in [0.5, 0.6) is 11.5 Å². The summed E-state index contributed by atoms with van der Waals surface area (Å²) in [4.78, 5) is 34.3. The predicted octanol–water partition coefficient (Wildman–Crippen LogP) is 3.34. The highest BCUT2D eigenvalue weighted by Gasteiger charge is 2.18. The molecule has 0 saturated heterocycles. The highest BCUT2D eigenvalue weighted by molar-refractivity contribution is 5.93. The van der Waals surface area contributed by atoms with Gasteiger partial charge in [-0.1, -0.05) is 0 Å². The van der Waals surface area contributed by atoms with Gasteiger partial charge in [-0.2, -0.15) is 0 Å². The summed E-state index contributed by atoms with van der Waals surface area (Å²) in [7, 11) is 1.31. The number of methoxy groups -OCH3 is 1.